The Morgan fingerprint density at radius 1 is 0.299 bits per heavy atom. The second-order valence-corrected chi connectivity index (χ2v) is 18.2. The highest BCUT2D eigenvalue weighted by molar-refractivity contribution is 7.27. The fraction of sp³-hybridized carbons (Fsp3) is 0. The molecule has 4 aromatic heterocycles. The Morgan fingerprint density at radius 3 is 1.39 bits per heavy atom. The molecule has 0 N–H and O–H groups in total. The molecule has 0 radical (unpaired) electrons. The van der Waals surface area contributed by atoms with Crippen LogP contribution in [0.25, 0.3) is 131 Å². The average Bonchev–Trinajstić information content (AvgIpc) is 4.06. The Morgan fingerprint density at radius 2 is 0.761 bits per heavy atom. The van der Waals surface area contributed by atoms with E-state index in [9.17, 15) is 0 Å². The lowest BCUT2D eigenvalue weighted by atomic mass is 9.99. The van der Waals surface area contributed by atoms with Crippen LogP contribution >= 0.6 is 11.3 Å². The third kappa shape index (κ3) is 5.90. The zero-order chi connectivity index (χ0) is 44.0. The molecule has 0 spiro atoms. The summed E-state index contributed by atoms with van der Waals surface area (Å²) >= 11 is 1.91. The molecule has 14 rings (SSSR count). The standard InChI is InChI=1S/C61H37N5S/c1-4-16-40(17-5-1)59-62-60(41-18-6-2-7-19-41)64-61(63-59)42-30-28-38(29-31-42)39-32-34-44(35-33-39)66-52-27-15-13-25-48(52)55-46-23-10-11-24-47(46)58-56(57(55)66)50-36-49-45-22-12-14-26-51(45)65(43-20-8-3-9-21-43)53(49)37-54(50)67-58/h1-37H. The minimum absolute atomic E-state index is 0.642. The minimum atomic E-state index is 0.642. The smallest absolute Gasteiger partial charge is 0.164 e. The fourth-order valence-electron chi connectivity index (χ4n) is 10.3. The van der Waals surface area contributed by atoms with Crippen molar-refractivity contribution >= 4 is 85.9 Å². The van der Waals surface area contributed by atoms with Crippen molar-refractivity contribution in [3.8, 4) is 56.7 Å². The molecular weight excluding hydrogens is 835 g/mol. The van der Waals surface area contributed by atoms with Gasteiger partial charge in [-0.1, -0.05) is 176 Å². The third-order valence-electron chi connectivity index (χ3n) is 13.4. The molecule has 10 aromatic carbocycles. The molecule has 0 fully saturated rings. The van der Waals surface area contributed by atoms with Gasteiger partial charge in [0, 0.05) is 75.2 Å². The Bertz CT molecular complexity index is 4170. The number of nitrogens with zero attached hydrogens (tertiary/aromatic N) is 5. The topological polar surface area (TPSA) is 48.5 Å². The maximum Gasteiger partial charge on any atom is 0.164 e. The van der Waals surface area contributed by atoms with Gasteiger partial charge in [-0.25, -0.2) is 15.0 Å². The summed E-state index contributed by atoms with van der Waals surface area (Å²) in [5.74, 6) is 1.95. The van der Waals surface area contributed by atoms with Crippen molar-refractivity contribution in [2.75, 3.05) is 0 Å². The summed E-state index contributed by atoms with van der Waals surface area (Å²) in [6.45, 7) is 0. The second-order valence-electron chi connectivity index (χ2n) is 17.1. The molecule has 14 aromatic rings. The van der Waals surface area contributed by atoms with Gasteiger partial charge in [-0.3, -0.25) is 0 Å². The molecule has 0 bridgehead atoms. The molecule has 312 valence electrons. The SMILES string of the molecule is c1ccc(-c2nc(-c3ccccc3)nc(-c3ccc(-c4ccc(-n5c6ccccc6c6c7ccccc7c7sc8cc9c(cc8c7c65)c5ccccc5n9-c5ccccc5)cc4)cc3)n2)cc1. The van der Waals surface area contributed by atoms with Crippen LogP contribution in [-0.2, 0) is 0 Å². The van der Waals surface area contributed by atoms with Gasteiger partial charge in [0.1, 0.15) is 0 Å². The normalized spacial score (nSPS) is 11.9. The first-order valence-corrected chi connectivity index (χ1v) is 23.4. The number of hydrogen-bond acceptors (Lipinski definition) is 4. The van der Waals surface area contributed by atoms with E-state index in [0.717, 1.165) is 33.5 Å². The molecule has 5 nitrogen and oxygen atoms in total. The molecule has 0 aliphatic rings. The molecule has 0 saturated carbocycles. The van der Waals surface area contributed by atoms with Crippen molar-refractivity contribution in [1.29, 1.82) is 0 Å². The Balaban J connectivity index is 0.931. The van der Waals surface area contributed by atoms with Gasteiger partial charge in [0.25, 0.3) is 0 Å². The van der Waals surface area contributed by atoms with Crippen molar-refractivity contribution < 1.29 is 0 Å². The van der Waals surface area contributed by atoms with E-state index in [1.807, 2.05) is 72.0 Å². The number of aromatic nitrogens is 5. The van der Waals surface area contributed by atoms with Crippen LogP contribution in [0.15, 0.2) is 224 Å². The number of hydrogen-bond donors (Lipinski definition) is 0. The van der Waals surface area contributed by atoms with Gasteiger partial charge in [0.05, 0.1) is 22.1 Å². The zero-order valence-corrected chi connectivity index (χ0v) is 36.8. The van der Waals surface area contributed by atoms with Crippen LogP contribution < -0.4 is 0 Å². The van der Waals surface area contributed by atoms with Gasteiger partial charge < -0.3 is 9.13 Å². The lowest BCUT2D eigenvalue weighted by molar-refractivity contribution is 1.07. The quantitative estimate of drug-likeness (QED) is 0.167. The van der Waals surface area contributed by atoms with Crippen LogP contribution in [0.2, 0.25) is 0 Å². The van der Waals surface area contributed by atoms with Crippen molar-refractivity contribution in [2.45, 2.75) is 0 Å². The number of para-hydroxylation sites is 3. The molecule has 4 heterocycles. The maximum absolute atomic E-state index is 4.96. The summed E-state index contributed by atoms with van der Waals surface area (Å²) in [5.41, 5.74) is 12.2. The van der Waals surface area contributed by atoms with Crippen molar-refractivity contribution in [3.63, 3.8) is 0 Å². The summed E-state index contributed by atoms with van der Waals surface area (Å²) in [6, 6.07) is 80.2. The zero-order valence-electron chi connectivity index (χ0n) is 36.0. The Kier molecular flexibility index (Phi) is 8.38. The molecule has 67 heavy (non-hydrogen) atoms. The van der Waals surface area contributed by atoms with Crippen LogP contribution in [0, 0.1) is 0 Å². The number of thiophene rings is 1. The largest absolute Gasteiger partial charge is 0.309 e. The summed E-state index contributed by atoms with van der Waals surface area (Å²) in [7, 11) is 0. The van der Waals surface area contributed by atoms with E-state index in [2.05, 4.69) is 173 Å². The highest BCUT2D eigenvalue weighted by Gasteiger charge is 2.24. The van der Waals surface area contributed by atoms with Crippen LogP contribution in [0.1, 0.15) is 0 Å². The molecule has 0 saturated heterocycles. The first kappa shape index (κ1) is 37.6. The van der Waals surface area contributed by atoms with Crippen LogP contribution in [0.5, 0.6) is 0 Å². The number of fused-ring (bicyclic) bond motifs is 13. The highest BCUT2D eigenvalue weighted by atomic mass is 32.1. The van der Waals surface area contributed by atoms with E-state index in [0.29, 0.717) is 17.5 Å². The van der Waals surface area contributed by atoms with Gasteiger partial charge in [-0.15, -0.1) is 11.3 Å². The van der Waals surface area contributed by atoms with Gasteiger partial charge >= 0.3 is 0 Å². The predicted molar refractivity (Wildman–Crippen MR) is 281 cm³/mol. The van der Waals surface area contributed by atoms with Gasteiger partial charge in [-0.2, -0.15) is 0 Å². The second kappa shape index (κ2) is 14.9. The van der Waals surface area contributed by atoms with Crippen molar-refractivity contribution in [1.82, 2.24) is 24.1 Å². The Labute approximate surface area is 389 Å². The summed E-state index contributed by atoms with van der Waals surface area (Å²) < 4.78 is 7.52. The van der Waals surface area contributed by atoms with Crippen LogP contribution in [0.3, 0.4) is 0 Å². The van der Waals surface area contributed by atoms with Crippen LogP contribution in [0.4, 0.5) is 0 Å². The average molecular weight is 872 g/mol. The van der Waals surface area contributed by atoms with E-state index in [-0.39, 0.29) is 0 Å². The number of benzene rings is 10. The van der Waals surface area contributed by atoms with Crippen molar-refractivity contribution in [3.05, 3.63) is 224 Å². The molecule has 0 aliphatic carbocycles. The van der Waals surface area contributed by atoms with E-state index >= 15 is 0 Å². The predicted octanol–water partition coefficient (Wildman–Crippen LogP) is 16.3. The van der Waals surface area contributed by atoms with Gasteiger partial charge in [0.2, 0.25) is 0 Å². The van der Waals surface area contributed by atoms with Crippen LogP contribution in [-0.4, -0.2) is 24.1 Å². The van der Waals surface area contributed by atoms with E-state index in [1.54, 1.807) is 0 Å². The molecule has 0 aliphatic heterocycles. The number of rotatable bonds is 6. The first-order chi connectivity index (χ1) is 33.2. The molecule has 6 heteroatoms. The fourth-order valence-corrected chi connectivity index (χ4v) is 11.6. The maximum atomic E-state index is 4.96. The monoisotopic (exact) mass is 871 g/mol. The summed E-state index contributed by atoms with van der Waals surface area (Å²) in [4.78, 5) is 14.8. The van der Waals surface area contributed by atoms with Gasteiger partial charge in [-0.05, 0) is 65.0 Å². The Hall–Kier alpha value is -8.71. The lowest BCUT2D eigenvalue weighted by Gasteiger charge is -2.12. The molecule has 0 amide bonds. The van der Waals surface area contributed by atoms with Crippen molar-refractivity contribution in [2.24, 2.45) is 0 Å². The van der Waals surface area contributed by atoms with E-state index in [4.69, 9.17) is 15.0 Å². The summed E-state index contributed by atoms with van der Waals surface area (Å²) in [5, 5.41) is 10.2. The lowest BCUT2D eigenvalue weighted by Crippen LogP contribution is -2.00. The third-order valence-corrected chi connectivity index (χ3v) is 14.5. The minimum Gasteiger partial charge on any atom is -0.309 e. The summed E-state index contributed by atoms with van der Waals surface area (Å²) in [6.07, 6.45) is 0. The molecule has 0 unspecified atom stereocenters. The first-order valence-electron chi connectivity index (χ1n) is 22.6. The van der Waals surface area contributed by atoms with Gasteiger partial charge in [0.15, 0.2) is 17.5 Å². The highest BCUT2D eigenvalue weighted by Crippen LogP contribution is 2.49. The van der Waals surface area contributed by atoms with E-state index < -0.39 is 0 Å². The molecule has 0 atom stereocenters. The molecular formula is C61H37N5S. The van der Waals surface area contributed by atoms with E-state index in [1.165, 1.54) is 80.2 Å².